The summed E-state index contributed by atoms with van der Waals surface area (Å²) in [5, 5.41) is 3.23. The van der Waals surface area contributed by atoms with E-state index in [1.54, 1.807) is 25.1 Å². The molecule has 4 nitrogen and oxygen atoms in total. The van der Waals surface area contributed by atoms with Crippen LogP contribution in [-0.4, -0.2) is 18.4 Å². The second kappa shape index (κ2) is 6.99. The number of rotatable bonds is 3. The first kappa shape index (κ1) is 18.3. The number of nitrogens with one attached hydrogen (secondary N) is 1. The normalized spacial score (nSPS) is 16.9. The summed E-state index contributed by atoms with van der Waals surface area (Å²) in [6, 6.07) is 6.66. The van der Waals surface area contributed by atoms with Gasteiger partial charge in [0, 0.05) is 23.7 Å². The van der Waals surface area contributed by atoms with Gasteiger partial charge in [0.1, 0.15) is 0 Å². The highest BCUT2D eigenvalue weighted by Crippen LogP contribution is 2.30. The Morgan fingerprint density at radius 1 is 1.19 bits per heavy atom. The molecular formula is C18H14ClF3N2O2. The van der Waals surface area contributed by atoms with Crippen LogP contribution in [0.5, 0.6) is 0 Å². The molecule has 1 heterocycles. The Morgan fingerprint density at radius 3 is 2.62 bits per heavy atom. The van der Waals surface area contributed by atoms with E-state index < -0.39 is 35.2 Å². The SMILES string of the molecule is Cc1cc(Cl)ccc1NC(=O)C1CC(=O)N(c2ccc(F)c(F)c2F)C1. The predicted octanol–water partition coefficient (Wildman–Crippen LogP) is 4.06. The molecule has 136 valence electrons. The lowest BCUT2D eigenvalue weighted by atomic mass is 10.1. The van der Waals surface area contributed by atoms with Crippen LogP contribution in [0.25, 0.3) is 0 Å². The van der Waals surface area contributed by atoms with E-state index in [2.05, 4.69) is 5.32 Å². The number of amides is 2. The molecule has 1 N–H and O–H groups in total. The first-order chi connectivity index (χ1) is 12.3. The fourth-order valence-electron chi connectivity index (χ4n) is 2.84. The minimum absolute atomic E-state index is 0.126. The number of anilines is 2. The molecule has 0 saturated carbocycles. The molecule has 1 fully saturated rings. The molecule has 1 saturated heterocycles. The van der Waals surface area contributed by atoms with Crippen molar-refractivity contribution in [3.8, 4) is 0 Å². The third-order valence-electron chi connectivity index (χ3n) is 4.25. The highest BCUT2D eigenvalue weighted by atomic mass is 35.5. The molecule has 3 rings (SSSR count). The maximum Gasteiger partial charge on any atom is 0.229 e. The van der Waals surface area contributed by atoms with E-state index in [1.807, 2.05) is 0 Å². The highest BCUT2D eigenvalue weighted by Gasteiger charge is 2.37. The van der Waals surface area contributed by atoms with E-state index in [-0.39, 0.29) is 18.7 Å². The van der Waals surface area contributed by atoms with Gasteiger partial charge >= 0.3 is 0 Å². The molecule has 8 heteroatoms. The second-order valence-electron chi connectivity index (χ2n) is 6.05. The van der Waals surface area contributed by atoms with Crippen molar-refractivity contribution < 1.29 is 22.8 Å². The third-order valence-corrected chi connectivity index (χ3v) is 4.48. The van der Waals surface area contributed by atoms with Crippen LogP contribution in [0.1, 0.15) is 12.0 Å². The summed E-state index contributed by atoms with van der Waals surface area (Å²) in [5.41, 5.74) is 0.912. The average molecular weight is 383 g/mol. The first-order valence-electron chi connectivity index (χ1n) is 7.79. The van der Waals surface area contributed by atoms with Crippen LogP contribution in [0.15, 0.2) is 30.3 Å². The van der Waals surface area contributed by atoms with Gasteiger partial charge in [0.05, 0.1) is 11.6 Å². The quantitative estimate of drug-likeness (QED) is 0.814. The van der Waals surface area contributed by atoms with Crippen LogP contribution in [0, 0.1) is 30.3 Å². The van der Waals surface area contributed by atoms with Crippen molar-refractivity contribution >= 4 is 34.8 Å². The molecule has 0 bridgehead atoms. The third kappa shape index (κ3) is 3.39. The van der Waals surface area contributed by atoms with Crippen molar-refractivity contribution in [1.82, 2.24) is 0 Å². The van der Waals surface area contributed by atoms with Crippen molar-refractivity contribution in [1.29, 1.82) is 0 Å². The number of carbonyl (C=O) groups is 2. The van der Waals surface area contributed by atoms with Gasteiger partial charge in [0.25, 0.3) is 0 Å². The van der Waals surface area contributed by atoms with Gasteiger partial charge in [-0.3, -0.25) is 9.59 Å². The van der Waals surface area contributed by atoms with E-state index >= 15 is 0 Å². The Balaban J connectivity index is 1.77. The molecule has 1 aliphatic heterocycles. The number of carbonyl (C=O) groups excluding carboxylic acids is 2. The molecule has 0 spiro atoms. The number of hydrogen-bond acceptors (Lipinski definition) is 2. The van der Waals surface area contributed by atoms with Gasteiger partial charge in [-0.1, -0.05) is 11.6 Å². The zero-order valence-corrected chi connectivity index (χ0v) is 14.4. The molecule has 2 amide bonds. The maximum absolute atomic E-state index is 13.9. The Hall–Kier alpha value is -2.54. The number of benzene rings is 2. The largest absolute Gasteiger partial charge is 0.326 e. The van der Waals surface area contributed by atoms with Crippen molar-refractivity contribution in [2.45, 2.75) is 13.3 Å². The minimum atomic E-state index is -1.65. The van der Waals surface area contributed by atoms with Crippen molar-refractivity contribution in [3.05, 3.63) is 58.4 Å². The molecule has 2 aromatic rings. The maximum atomic E-state index is 13.9. The van der Waals surface area contributed by atoms with Crippen molar-refractivity contribution in [3.63, 3.8) is 0 Å². The van der Waals surface area contributed by atoms with E-state index in [1.165, 1.54) is 0 Å². The molecule has 2 aromatic carbocycles. The summed E-state index contributed by atoms with van der Waals surface area (Å²) in [5.74, 6) is -6.15. The van der Waals surface area contributed by atoms with Gasteiger partial charge in [-0.2, -0.15) is 0 Å². The van der Waals surface area contributed by atoms with E-state index in [0.717, 1.165) is 22.6 Å². The summed E-state index contributed by atoms with van der Waals surface area (Å²) in [6.45, 7) is 1.64. The van der Waals surface area contributed by atoms with Crippen LogP contribution in [-0.2, 0) is 9.59 Å². The summed E-state index contributed by atoms with van der Waals surface area (Å²) >= 11 is 5.87. The summed E-state index contributed by atoms with van der Waals surface area (Å²) in [6.07, 6.45) is -0.156. The topological polar surface area (TPSA) is 49.4 Å². The van der Waals surface area contributed by atoms with Gasteiger partial charge in [-0.05, 0) is 42.8 Å². The Kier molecular flexibility index (Phi) is 4.91. The standard InChI is InChI=1S/C18H14ClF3N2O2/c1-9-6-11(19)2-4-13(9)23-18(26)10-7-15(25)24(8-10)14-5-3-12(20)16(21)17(14)22/h2-6,10H,7-8H2,1H3,(H,23,26). The summed E-state index contributed by atoms with van der Waals surface area (Å²) in [4.78, 5) is 25.5. The van der Waals surface area contributed by atoms with E-state index in [4.69, 9.17) is 11.6 Å². The van der Waals surface area contributed by atoms with Crippen molar-refractivity contribution in [2.24, 2.45) is 5.92 Å². The van der Waals surface area contributed by atoms with Crippen LogP contribution in [0.2, 0.25) is 5.02 Å². The number of nitrogens with zero attached hydrogens (tertiary/aromatic N) is 1. The highest BCUT2D eigenvalue weighted by molar-refractivity contribution is 6.30. The van der Waals surface area contributed by atoms with Crippen molar-refractivity contribution in [2.75, 3.05) is 16.8 Å². The number of halogens is 4. The summed E-state index contributed by atoms with van der Waals surface area (Å²) in [7, 11) is 0. The predicted molar refractivity (Wildman–Crippen MR) is 91.6 cm³/mol. The lowest BCUT2D eigenvalue weighted by Crippen LogP contribution is -2.29. The number of aryl methyl sites for hydroxylation is 1. The molecule has 0 radical (unpaired) electrons. The molecule has 1 unspecified atom stereocenters. The van der Waals surface area contributed by atoms with Crippen LogP contribution >= 0.6 is 11.6 Å². The zero-order chi connectivity index (χ0) is 19.0. The van der Waals surface area contributed by atoms with E-state index in [0.29, 0.717) is 10.7 Å². The second-order valence-corrected chi connectivity index (χ2v) is 6.48. The lowest BCUT2D eigenvalue weighted by Gasteiger charge is -2.18. The van der Waals surface area contributed by atoms with Gasteiger partial charge in [-0.25, -0.2) is 13.2 Å². The first-order valence-corrected chi connectivity index (χ1v) is 8.16. The average Bonchev–Trinajstić information content (AvgIpc) is 2.97. The lowest BCUT2D eigenvalue weighted by molar-refractivity contribution is -0.122. The van der Waals surface area contributed by atoms with Crippen LogP contribution in [0.4, 0.5) is 24.5 Å². The minimum Gasteiger partial charge on any atom is -0.326 e. The Bertz CT molecular complexity index is 904. The molecule has 0 aliphatic carbocycles. The summed E-state index contributed by atoms with van der Waals surface area (Å²) < 4.78 is 40.4. The Morgan fingerprint density at radius 2 is 1.92 bits per heavy atom. The zero-order valence-electron chi connectivity index (χ0n) is 13.7. The molecule has 1 atom stereocenters. The monoisotopic (exact) mass is 382 g/mol. The molecule has 1 aliphatic rings. The van der Waals surface area contributed by atoms with Crippen LogP contribution < -0.4 is 10.2 Å². The van der Waals surface area contributed by atoms with Gasteiger partial charge < -0.3 is 10.2 Å². The van der Waals surface area contributed by atoms with Gasteiger partial charge in [-0.15, -0.1) is 0 Å². The van der Waals surface area contributed by atoms with Crippen LogP contribution in [0.3, 0.4) is 0 Å². The smallest absolute Gasteiger partial charge is 0.229 e. The molecule has 0 aromatic heterocycles. The fourth-order valence-corrected chi connectivity index (χ4v) is 3.07. The molecule has 26 heavy (non-hydrogen) atoms. The van der Waals surface area contributed by atoms with E-state index in [9.17, 15) is 22.8 Å². The number of hydrogen-bond donors (Lipinski definition) is 1. The van der Waals surface area contributed by atoms with Gasteiger partial charge in [0.2, 0.25) is 11.8 Å². The fraction of sp³-hybridized carbons (Fsp3) is 0.222. The van der Waals surface area contributed by atoms with Gasteiger partial charge in [0.15, 0.2) is 17.5 Å². The Labute approximate surface area is 152 Å². The molecular weight excluding hydrogens is 369 g/mol.